The maximum absolute atomic E-state index is 12.4. The van der Waals surface area contributed by atoms with Gasteiger partial charge in [-0.3, -0.25) is 4.79 Å². The second kappa shape index (κ2) is 8.34. The van der Waals surface area contributed by atoms with Crippen molar-refractivity contribution in [2.24, 2.45) is 11.8 Å². The average molecular weight is 318 g/mol. The number of amides is 1. The van der Waals surface area contributed by atoms with E-state index in [1.165, 1.54) is 31.2 Å². The molecular weight excluding hydrogens is 288 g/mol. The summed E-state index contributed by atoms with van der Waals surface area (Å²) in [6, 6.07) is 8.23. The fraction of sp³-hybridized carbons (Fsp3) is 0.632. The van der Waals surface area contributed by atoms with Gasteiger partial charge in [0.05, 0.1) is 13.2 Å². The van der Waals surface area contributed by atoms with Crippen molar-refractivity contribution in [3.05, 3.63) is 29.8 Å². The smallest absolute Gasteiger partial charge is 0.223 e. The maximum atomic E-state index is 12.4. The molecule has 2 rings (SSSR count). The third kappa shape index (κ3) is 4.71. The predicted molar refractivity (Wildman–Crippen MR) is 93.6 cm³/mol. The van der Waals surface area contributed by atoms with E-state index in [0.29, 0.717) is 12.5 Å². The SMILES string of the molecule is COc1ccc(C(CNC(=O)C(C)C2CCCC2)N(C)C)cc1. The Morgan fingerprint density at radius 1 is 1.26 bits per heavy atom. The van der Waals surface area contributed by atoms with Crippen LogP contribution in [0.2, 0.25) is 0 Å². The molecule has 0 saturated heterocycles. The summed E-state index contributed by atoms with van der Waals surface area (Å²) in [5, 5.41) is 3.16. The summed E-state index contributed by atoms with van der Waals surface area (Å²) in [5.74, 6) is 1.73. The van der Waals surface area contributed by atoms with E-state index in [0.717, 1.165) is 5.75 Å². The monoisotopic (exact) mass is 318 g/mol. The van der Waals surface area contributed by atoms with Gasteiger partial charge in [0, 0.05) is 12.5 Å². The standard InChI is InChI=1S/C19H30N2O2/c1-14(15-7-5-6-8-15)19(22)20-13-18(21(2)3)16-9-11-17(23-4)12-10-16/h9-12,14-15,18H,5-8,13H2,1-4H3,(H,20,22). The number of carbonyl (C=O) groups excluding carboxylic acids is 1. The molecule has 0 bridgehead atoms. The van der Waals surface area contributed by atoms with Gasteiger partial charge in [0.1, 0.15) is 5.75 Å². The lowest BCUT2D eigenvalue weighted by Gasteiger charge is -2.27. The summed E-state index contributed by atoms with van der Waals surface area (Å²) in [4.78, 5) is 14.6. The minimum Gasteiger partial charge on any atom is -0.497 e. The molecule has 4 nitrogen and oxygen atoms in total. The first-order valence-corrected chi connectivity index (χ1v) is 8.61. The van der Waals surface area contributed by atoms with Gasteiger partial charge in [-0.15, -0.1) is 0 Å². The number of nitrogens with one attached hydrogen (secondary N) is 1. The van der Waals surface area contributed by atoms with Crippen LogP contribution in [0.5, 0.6) is 5.75 Å². The third-order valence-electron chi connectivity index (χ3n) is 5.11. The van der Waals surface area contributed by atoms with Gasteiger partial charge < -0.3 is 15.0 Å². The first-order chi connectivity index (χ1) is 11.0. The van der Waals surface area contributed by atoms with Crippen LogP contribution >= 0.6 is 0 Å². The molecule has 0 heterocycles. The molecule has 2 unspecified atom stereocenters. The van der Waals surface area contributed by atoms with Crippen molar-refractivity contribution in [3.8, 4) is 5.75 Å². The van der Waals surface area contributed by atoms with Crippen molar-refractivity contribution in [1.29, 1.82) is 0 Å². The molecule has 1 aromatic carbocycles. The Labute approximate surface area is 140 Å². The lowest BCUT2D eigenvalue weighted by Crippen LogP contribution is -2.38. The molecule has 1 aliphatic rings. The van der Waals surface area contributed by atoms with E-state index < -0.39 is 0 Å². The first-order valence-electron chi connectivity index (χ1n) is 8.61. The van der Waals surface area contributed by atoms with E-state index >= 15 is 0 Å². The van der Waals surface area contributed by atoms with Crippen molar-refractivity contribution in [2.75, 3.05) is 27.7 Å². The Bertz CT molecular complexity index is 493. The molecule has 0 spiro atoms. The molecule has 4 heteroatoms. The molecule has 1 N–H and O–H groups in total. The van der Waals surface area contributed by atoms with E-state index in [2.05, 4.69) is 29.3 Å². The number of carbonyl (C=O) groups is 1. The van der Waals surface area contributed by atoms with Crippen molar-refractivity contribution in [1.82, 2.24) is 10.2 Å². The maximum Gasteiger partial charge on any atom is 0.223 e. The topological polar surface area (TPSA) is 41.6 Å². The first kappa shape index (κ1) is 17.8. The van der Waals surface area contributed by atoms with Gasteiger partial charge in [-0.1, -0.05) is 31.9 Å². The summed E-state index contributed by atoms with van der Waals surface area (Å²) in [6.45, 7) is 2.71. The molecule has 0 aromatic heterocycles. The van der Waals surface area contributed by atoms with Crippen LogP contribution in [0, 0.1) is 11.8 Å². The van der Waals surface area contributed by atoms with E-state index in [-0.39, 0.29) is 17.9 Å². The molecule has 0 radical (unpaired) electrons. The van der Waals surface area contributed by atoms with Gasteiger partial charge >= 0.3 is 0 Å². The summed E-state index contributed by atoms with van der Waals surface area (Å²) < 4.78 is 5.21. The average Bonchev–Trinajstić information content (AvgIpc) is 3.08. The Morgan fingerprint density at radius 3 is 2.39 bits per heavy atom. The number of nitrogens with zero attached hydrogens (tertiary/aromatic N) is 1. The normalized spacial score (nSPS) is 18.0. The van der Waals surface area contributed by atoms with Gasteiger partial charge in [0.15, 0.2) is 0 Å². The molecule has 1 saturated carbocycles. The quantitative estimate of drug-likeness (QED) is 0.839. The van der Waals surface area contributed by atoms with Gasteiger partial charge in [0.2, 0.25) is 5.91 Å². The molecular formula is C19H30N2O2. The predicted octanol–water partition coefficient (Wildman–Crippen LogP) is 3.24. The van der Waals surface area contributed by atoms with Crippen LogP contribution in [0.4, 0.5) is 0 Å². The van der Waals surface area contributed by atoms with Crippen LogP contribution in [0.3, 0.4) is 0 Å². The highest BCUT2D eigenvalue weighted by molar-refractivity contribution is 5.78. The van der Waals surface area contributed by atoms with Gasteiger partial charge in [-0.25, -0.2) is 0 Å². The number of rotatable bonds is 7. The minimum atomic E-state index is 0.121. The second-order valence-electron chi connectivity index (χ2n) is 6.83. The summed E-state index contributed by atoms with van der Waals surface area (Å²) in [7, 11) is 5.76. The van der Waals surface area contributed by atoms with Crippen LogP contribution in [-0.2, 0) is 4.79 Å². The number of methoxy groups -OCH3 is 1. The zero-order chi connectivity index (χ0) is 16.8. The number of ether oxygens (including phenoxy) is 1. The molecule has 2 atom stereocenters. The number of benzene rings is 1. The molecule has 1 amide bonds. The van der Waals surface area contributed by atoms with Crippen molar-refractivity contribution < 1.29 is 9.53 Å². The highest BCUT2D eigenvalue weighted by atomic mass is 16.5. The van der Waals surface area contributed by atoms with Crippen LogP contribution < -0.4 is 10.1 Å². The van der Waals surface area contributed by atoms with Crippen LogP contribution in [0.15, 0.2) is 24.3 Å². The Hall–Kier alpha value is -1.55. The Balaban J connectivity index is 1.94. The van der Waals surface area contributed by atoms with Crippen molar-refractivity contribution >= 4 is 5.91 Å². The zero-order valence-electron chi connectivity index (χ0n) is 14.8. The van der Waals surface area contributed by atoms with Gasteiger partial charge in [-0.05, 0) is 50.6 Å². The van der Waals surface area contributed by atoms with E-state index in [9.17, 15) is 4.79 Å². The van der Waals surface area contributed by atoms with Crippen LogP contribution in [-0.4, -0.2) is 38.6 Å². The summed E-state index contributed by atoms with van der Waals surface area (Å²) >= 11 is 0. The van der Waals surface area contributed by atoms with Crippen molar-refractivity contribution in [2.45, 2.75) is 38.6 Å². The zero-order valence-corrected chi connectivity index (χ0v) is 14.8. The number of hydrogen-bond acceptors (Lipinski definition) is 3. The molecule has 128 valence electrons. The molecule has 1 fully saturated rings. The number of likely N-dealkylation sites (N-methyl/N-ethyl adjacent to an activating group) is 1. The van der Waals surface area contributed by atoms with E-state index in [1.807, 2.05) is 26.2 Å². The minimum absolute atomic E-state index is 0.121. The molecule has 1 aromatic rings. The van der Waals surface area contributed by atoms with Crippen molar-refractivity contribution in [3.63, 3.8) is 0 Å². The number of hydrogen-bond donors (Lipinski definition) is 1. The molecule has 23 heavy (non-hydrogen) atoms. The highest BCUT2D eigenvalue weighted by Gasteiger charge is 2.27. The van der Waals surface area contributed by atoms with Gasteiger partial charge in [0.25, 0.3) is 0 Å². The molecule has 0 aliphatic heterocycles. The van der Waals surface area contributed by atoms with E-state index in [1.54, 1.807) is 7.11 Å². The van der Waals surface area contributed by atoms with Crippen LogP contribution in [0.1, 0.15) is 44.2 Å². The largest absolute Gasteiger partial charge is 0.497 e. The Kier molecular flexibility index (Phi) is 6.46. The van der Waals surface area contributed by atoms with Crippen LogP contribution in [0.25, 0.3) is 0 Å². The Morgan fingerprint density at radius 2 is 1.87 bits per heavy atom. The molecule has 1 aliphatic carbocycles. The summed E-state index contributed by atoms with van der Waals surface area (Å²) in [5.41, 5.74) is 1.18. The fourth-order valence-electron chi connectivity index (χ4n) is 3.45. The van der Waals surface area contributed by atoms with E-state index in [4.69, 9.17) is 4.74 Å². The highest BCUT2D eigenvalue weighted by Crippen LogP contribution is 2.31. The lowest BCUT2D eigenvalue weighted by atomic mass is 9.92. The second-order valence-corrected chi connectivity index (χ2v) is 6.83. The van der Waals surface area contributed by atoms with Gasteiger partial charge in [-0.2, -0.15) is 0 Å². The lowest BCUT2D eigenvalue weighted by molar-refractivity contribution is -0.126. The summed E-state index contributed by atoms with van der Waals surface area (Å²) in [6.07, 6.45) is 4.94. The fourth-order valence-corrected chi connectivity index (χ4v) is 3.45. The third-order valence-corrected chi connectivity index (χ3v) is 5.11.